The van der Waals surface area contributed by atoms with Crippen LogP contribution < -0.4 is 0 Å². The van der Waals surface area contributed by atoms with Gasteiger partial charge in [0.2, 0.25) is 8.32 Å². The largest absolute Gasteiger partial charge is 0.548 e. The Morgan fingerprint density at radius 1 is 1.11 bits per heavy atom. The molecule has 2 heteroatoms. The Kier molecular flexibility index (Phi) is 5.02. The van der Waals surface area contributed by atoms with Crippen molar-refractivity contribution in [2.24, 2.45) is 5.41 Å². The van der Waals surface area contributed by atoms with E-state index in [1.807, 2.05) is 0 Å². The molecule has 1 unspecified atom stereocenters. The van der Waals surface area contributed by atoms with Crippen LogP contribution in [0.1, 0.15) is 39.2 Å². The van der Waals surface area contributed by atoms with Gasteiger partial charge in [-0.15, -0.1) is 0 Å². The minimum Gasteiger partial charge on any atom is -0.548 e. The molecule has 0 aliphatic carbocycles. The summed E-state index contributed by atoms with van der Waals surface area (Å²) in [5, 5.41) is 0. The summed E-state index contributed by atoms with van der Waals surface area (Å²) in [5.74, 6) is 1.44. The first-order valence-electron chi connectivity index (χ1n) is 7.02. The number of rotatable bonds is 4. The van der Waals surface area contributed by atoms with Crippen molar-refractivity contribution in [3.8, 4) is 0 Å². The fourth-order valence-electron chi connectivity index (χ4n) is 2.26. The van der Waals surface area contributed by atoms with Crippen LogP contribution in [-0.4, -0.2) is 8.32 Å². The maximum Gasteiger partial charge on any atom is 0.241 e. The van der Waals surface area contributed by atoms with E-state index in [1.54, 1.807) is 0 Å². The summed E-state index contributed by atoms with van der Waals surface area (Å²) < 4.78 is 6.08. The van der Waals surface area contributed by atoms with Crippen LogP contribution in [0.3, 0.4) is 0 Å². The third kappa shape index (κ3) is 5.64. The van der Waals surface area contributed by atoms with Crippen molar-refractivity contribution >= 4 is 8.32 Å². The van der Waals surface area contributed by atoms with Gasteiger partial charge in [-0.05, 0) is 43.6 Å². The standard InChI is InChI=1S/C17H28OSi/c1-14(18-19(5,6)7)13-16(17(2,3)4)15-11-9-8-10-12-15/h8-13,16H,1-7H3/b14-13-. The Balaban J connectivity index is 3.04. The Bertz CT molecular complexity index is 421. The first-order valence-corrected chi connectivity index (χ1v) is 10.4. The van der Waals surface area contributed by atoms with Crippen molar-refractivity contribution < 1.29 is 4.43 Å². The highest BCUT2D eigenvalue weighted by molar-refractivity contribution is 6.70. The van der Waals surface area contributed by atoms with E-state index in [0.29, 0.717) is 5.92 Å². The van der Waals surface area contributed by atoms with E-state index in [9.17, 15) is 0 Å². The quantitative estimate of drug-likeness (QED) is 0.516. The van der Waals surface area contributed by atoms with E-state index in [4.69, 9.17) is 4.43 Å². The average Bonchev–Trinajstić information content (AvgIpc) is 2.23. The molecule has 0 spiro atoms. The molecule has 0 aromatic heterocycles. The van der Waals surface area contributed by atoms with Crippen molar-refractivity contribution in [1.82, 2.24) is 0 Å². The first-order chi connectivity index (χ1) is 8.59. The molecular formula is C17H28OSi. The van der Waals surface area contributed by atoms with Gasteiger partial charge in [0.15, 0.2) is 0 Å². The number of hydrogen-bond acceptors (Lipinski definition) is 1. The fraction of sp³-hybridized carbons (Fsp3) is 0.529. The highest BCUT2D eigenvalue weighted by atomic mass is 28.4. The van der Waals surface area contributed by atoms with Gasteiger partial charge in [-0.2, -0.15) is 0 Å². The van der Waals surface area contributed by atoms with Crippen LogP contribution in [0.25, 0.3) is 0 Å². The third-order valence-electron chi connectivity index (χ3n) is 2.96. The fourth-order valence-corrected chi connectivity index (χ4v) is 3.29. The second-order valence-corrected chi connectivity index (χ2v) is 11.7. The summed E-state index contributed by atoms with van der Waals surface area (Å²) in [7, 11) is -1.52. The van der Waals surface area contributed by atoms with Crippen LogP contribution in [0.4, 0.5) is 0 Å². The maximum absolute atomic E-state index is 6.08. The van der Waals surface area contributed by atoms with Gasteiger partial charge in [-0.3, -0.25) is 0 Å². The average molecular weight is 276 g/mol. The van der Waals surface area contributed by atoms with Crippen LogP contribution >= 0.6 is 0 Å². The molecule has 0 bridgehead atoms. The molecule has 0 aliphatic heterocycles. The molecule has 0 saturated heterocycles. The molecule has 0 fully saturated rings. The lowest BCUT2D eigenvalue weighted by Crippen LogP contribution is -2.25. The van der Waals surface area contributed by atoms with Gasteiger partial charge in [0.05, 0.1) is 5.76 Å². The molecule has 1 atom stereocenters. The van der Waals surface area contributed by atoms with E-state index in [0.717, 1.165) is 5.76 Å². The lowest BCUT2D eigenvalue weighted by atomic mass is 9.76. The van der Waals surface area contributed by atoms with Crippen molar-refractivity contribution in [3.63, 3.8) is 0 Å². The molecule has 0 N–H and O–H groups in total. The topological polar surface area (TPSA) is 9.23 Å². The van der Waals surface area contributed by atoms with Crippen molar-refractivity contribution in [2.75, 3.05) is 0 Å². The zero-order chi connectivity index (χ0) is 14.7. The Morgan fingerprint density at radius 2 is 1.63 bits per heavy atom. The van der Waals surface area contributed by atoms with Gasteiger partial charge in [0.1, 0.15) is 0 Å². The molecule has 1 aromatic rings. The van der Waals surface area contributed by atoms with Crippen LogP contribution in [0, 0.1) is 5.41 Å². The molecule has 1 nitrogen and oxygen atoms in total. The Labute approximate surface area is 119 Å². The van der Waals surface area contributed by atoms with E-state index < -0.39 is 8.32 Å². The molecule has 19 heavy (non-hydrogen) atoms. The molecule has 0 amide bonds. The van der Waals surface area contributed by atoms with E-state index in [2.05, 4.69) is 83.7 Å². The van der Waals surface area contributed by atoms with E-state index >= 15 is 0 Å². The van der Waals surface area contributed by atoms with Gasteiger partial charge in [0.25, 0.3) is 0 Å². The molecule has 0 saturated carbocycles. The van der Waals surface area contributed by atoms with Gasteiger partial charge < -0.3 is 4.43 Å². The number of allylic oxidation sites excluding steroid dienone is 2. The third-order valence-corrected chi connectivity index (χ3v) is 3.89. The van der Waals surface area contributed by atoms with Gasteiger partial charge in [-0.25, -0.2) is 0 Å². The summed E-state index contributed by atoms with van der Waals surface area (Å²) in [4.78, 5) is 0. The summed E-state index contributed by atoms with van der Waals surface area (Å²) in [6.45, 7) is 15.6. The Hall–Kier alpha value is -1.02. The second kappa shape index (κ2) is 5.95. The maximum atomic E-state index is 6.08. The van der Waals surface area contributed by atoms with Crippen LogP contribution in [0.5, 0.6) is 0 Å². The van der Waals surface area contributed by atoms with Gasteiger partial charge in [0, 0.05) is 5.92 Å². The predicted octanol–water partition coefficient (Wildman–Crippen LogP) is 5.57. The predicted molar refractivity (Wildman–Crippen MR) is 86.8 cm³/mol. The number of benzene rings is 1. The molecule has 0 heterocycles. The summed E-state index contributed by atoms with van der Waals surface area (Å²) >= 11 is 0. The normalized spacial score (nSPS) is 15.2. The highest BCUT2D eigenvalue weighted by Crippen LogP contribution is 2.37. The lowest BCUT2D eigenvalue weighted by molar-refractivity contribution is 0.350. The van der Waals surface area contributed by atoms with Crippen molar-refractivity contribution in [3.05, 3.63) is 47.7 Å². The minimum absolute atomic E-state index is 0.186. The monoisotopic (exact) mass is 276 g/mol. The summed E-state index contributed by atoms with van der Waals surface area (Å²) in [6, 6.07) is 10.7. The number of hydrogen-bond donors (Lipinski definition) is 0. The van der Waals surface area contributed by atoms with E-state index in [1.165, 1.54) is 5.56 Å². The minimum atomic E-state index is -1.52. The van der Waals surface area contributed by atoms with Crippen molar-refractivity contribution in [2.45, 2.75) is 53.3 Å². The van der Waals surface area contributed by atoms with Crippen molar-refractivity contribution in [1.29, 1.82) is 0 Å². The van der Waals surface area contributed by atoms with Crippen LogP contribution in [0.15, 0.2) is 42.2 Å². The van der Waals surface area contributed by atoms with Gasteiger partial charge >= 0.3 is 0 Å². The summed E-state index contributed by atoms with van der Waals surface area (Å²) in [6.07, 6.45) is 2.29. The SMILES string of the molecule is C/C(=C/C(c1ccccc1)C(C)(C)C)O[Si](C)(C)C. The molecule has 0 radical (unpaired) electrons. The highest BCUT2D eigenvalue weighted by Gasteiger charge is 2.25. The second-order valence-electron chi connectivity index (χ2n) is 7.25. The van der Waals surface area contributed by atoms with Crippen LogP contribution in [0.2, 0.25) is 19.6 Å². The van der Waals surface area contributed by atoms with Crippen LogP contribution in [-0.2, 0) is 4.43 Å². The molecule has 106 valence electrons. The zero-order valence-electron chi connectivity index (χ0n) is 13.4. The zero-order valence-corrected chi connectivity index (χ0v) is 14.4. The Morgan fingerprint density at radius 3 is 2.05 bits per heavy atom. The lowest BCUT2D eigenvalue weighted by Gasteiger charge is -2.30. The first kappa shape index (κ1) is 16.0. The van der Waals surface area contributed by atoms with Gasteiger partial charge in [-0.1, -0.05) is 51.1 Å². The van der Waals surface area contributed by atoms with E-state index in [-0.39, 0.29) is 5.41 Å². The molecule has 0 aliphatic rings. The molecular weight excluding hydrogens is 248 g/mol. The molecule has 1 rings (SSSR count). The smallest absolute Gasteiger partial charge is 0.241 e. The molecule has 1 aromatic carbocycles. The summed E-state index contributed by atoms with van der Waals surface area (Å²) in [5.41, 5.74) is 1.54.